The number of hydrogen-bond acceptors (Lipinski definition) is 4. The van der Waals surface area contributed by atoms with Crippen LogP contribution in [0.1, 0.15) is 29.0 Å². The third-order valence-electron chi connectivity index (χ3n) is 4.77. The maximum absolute atomic E-state index is 12.3. The Balaban J connectivity index is 1.93. The van der Waals surface area contributed by atoms with Crippen molar-refractivity contribution >= 4 is 11.6 Å². The number of anilines is 1. The molecule has 1 aliphatic heterocycles. The largest absolute Gasteiger partial charge is 0.508 e. The van der Waals surface area contributed by atoms with Crippen LogP contribution in [0, 0.1) is 6.92 Å². The summed E-state index contributed by atoms with van der Waals surface area (Å²) in [5.41, 5.74) is 4.24. The van der Waals surface area contributed by atoms with Crippen molar-refractivity contribution in [3.63, 3.8) is 0 Å². The minimum atomic E-state index is -0.160. The number of amides is 1. The zero-order valence-corrected chi connectivity index (χ0v) is 14.6. The second kappa shape index (κ2) is 6.22. The lowest BCUT2D eigenvalue weighted by Gasteiger charge is -2.28. The summed E-state index contributed by atoms with van der Waals surface area (Å²) < 4.78 is 7.19. The van der Waals surface area contributed by atoms with Crippen molar-refractivity contribution < 1.29 is 14.6 Å². The van der Waals surface area contributed by atoms with Gasteiger partial charge in [0.25, 0.3) is 0 Å². The number of nitrogens with zero attached hydrogens (tertiary/aromatic N) is 2. The molecule has 0 saturated heterocycles. The first kappa shape index (κ1) is 16.2. The number of hydrogen-bond donors (Lipinski definition) is 2. The number of ether oxygens (including phenoxy) is 1. The quantitative estimate of drug-likeness (QED) is 0.760. The fourth-order valence-corrected chi connectivity index (χ4v) is 3.45. The Morgan fingerprint density at radius 2 is 2.12 bits per heavy atom. The van der Waals surface area contributed by atoms with Gasteiger partial charge in [-0.25, -0.2) is 4.68 Å². The summed E-state index contributed by atoms with van der Waals surface area (Å²) in [6.07, 6.45) is 3.91. The molecule has 1 aromatic heterocycles. The zero-order valence-electron chi connectivity index (χ0n) is 14.6. The number of nitrogens with one attached hydrogen (secondary N) is 1. The van der Waals surface area contributed by atoms with E-state index in [1.54, 1.807) is 24.1 Å². The first-order valence-electron chi connectivity index (χ1n) is 8.38. The number of aromatic hydroxyl groups is 1. The van der Waals surface area contributed by atoms with E-state index >= 15 is 0 Å². The highest BCUT2D eigenvalue weighted by atomic mass is 16.5. The molecule has 0 spiro atoms. The highest BCUT2D eigenvalue weighted by Crippen LogP contribution is 2.42. The predicted octanol–water partition coefficient (Wildman–Crippen LogP) is 3.37. The van der Waals surface area contributed by atoms with Crippen LogP contribution >= 0.6 is 0 Å². The molecule has 0 saturated carbocycles. The maximum Gasteiger partial charge on any atom is 0.225 e. The van der Waals surface area contributed by atoms with E-state index in [2.05, 4.69) is 10.4 Å². The molecule has 1 atom stereocenters. The van der Waals surface area contributed by atoms with Crippen molar-refractivity contribution in [3.8, 4) is 17.2 Å². The number of benzene rings is 2. The number of methoxy groups -OCH3 is 1. The molecule has 2 aromatic carbocycles. The van der Waals surface area contributed by atoms with Gasteiger partial charge in [0, 0.05) is 36.5 Å². The second-order valence-electron chi connectivity index (χ2n) is 6.41. The maximum atomic E-state index is 12.3. The van der Waals surface area contributed by atoms with E-state index in [4.69, 9.17) is 4.74 Å². The van der Waals surface area contributed by atoms with E-state index in [1.165, 1.54) is 0 Å². The smallest absolute Gasteiger partial charge is 0.225 e. The number of carbonyl (C=O) groups excluding carboxylic acids is 1. The molecule has 4 rings (SSSR count). The summed E-state index contributed by atoms with van der Waals surface area (Å²) in [5.74, 6) is 0.647. The van der Waals surface area contributed by atoms with E-state index in [0.29, 0.717) is 12.1 Å². The molecule has 1 amide bonds. The summed E-state index contributed by atoms with van der Waals surface area (Å²) in [7, 11) is 1.62. The minimum Gasteiger partial charge on any atom is -0.508 e. The summed E-state index contributed by atoms with van der Waals surface area (Å²) in [6, 6.07) is 11.2. The lowest BCUT2D eigenvalue weighted by molar-refractivity contribution is -0.116. The number of carbonyl (C=O) groups is 1. The summed E-state index contributed by atoms with van der Waals surface area (Å²) >= 11 is 0. The Kier molecular flexibility index (Phi) is 3.88. The van der Waals surface area contributed by atoms with Crippen molar-refractivity contribution in [1.29, 1.82) is 0 Å². The van der Waals surface area contributed by atoms with Gasteiger partial charge >= 0.3 is 0 Å². The van der Waals surface area contributed by atoms with Crippen molar-refractivity contribution in [3.05, 3.63) is 65.5 Å². The molecule has 0 aliphatic carbocycles. The van der Waals surface area contributed by atoms with E-state index in [-0.39, 0.29) is 17.6 Å². The lowest BCUT2D eigenvalue weighted by atomic mass is 9.83. The van der Waals surface area contributed by atoms with Crippen LogP contribution in [-0.4, -0.2) is 27.9 Å². The Morgan fingerprint density at radius 3 is 2.85 bits per heavy atom. The Morgan fingerprint density at radius 1 is 1.27 bits per heavy atom. The molecule has 2 N–H and O–H groups in total. The van der Waals surface area contributed by atoms with Crippen LogP contribution < -0.4 is 10.1 Å². The van der Waals surface area contributed by atoms with E-state index in [0.717, 1.165) is 28.1 Å². The van der Waals surface area contributed by atoms with Gasteiger partial charge in [-0.2, -0.15) is 5.10 Å². The number of rotatable bonds is 3. The molecule has 2 heterocycles. The fourth-order valence-electron chi connectivity index (χ4n) is 3.45. The third-order valence-corrected chi connectivity index (χ3v) is 4.77. The summed E-state index contributed by atoms with van der Waals surface area (Å²) in [4.78, 5) is 12.3. The second-order valence-corrected chi connectivity index (χ2v) is 6.41. The van der Waals surface area contributed by atoms with Crippen LogP contribution in [-0.2, 0) is 4.79 Å². The Labute approximate surface area is 151 Å². The molecule has 3 aromatic rings. The number of aromatic nitrogens is 2. The highest BCUT2D eigenvalue weighted by Gasteiger charge is 2.30. The molecule has 132 valence electrons. The Bertz CT molecular complexity index is 980. The molecule has 6 nitrogen and oxygen atoms in total. The van der Waals surface area contributed by atoms with Crippen LogP contribution in [0.25, 0.3) is 5.69 Å². The molecule has 0 radical (unpaired) electrons. The SMILES string of the molecule is COc1ccc(-n2cccn2)c([C@@H]2CC(=O)Nc3cc(O)c(C)cc32)c1. The molecule has 1 aliphatic rings. The molecular weight excluding hydrogens is 330 g/mol. The molecule has 0 bridgehead atoms. The molecule has 0 unspecified atom stereocenters. The average molecular weight is 349 g/mol. The lowest BCUT2D eigenvalue weighted by Crippen LogP contribution is -2.24. The standard InChI is InChI=1S/C20H19N3O3/c1-12-8-15-14(10-20(25)22-17(15)11-19(12)24)16-9-13(26-2)4-5-18(16)23-7-3-6-21-23/h3-9,11,14,24H,10H2,1-2H3,(H,22,25)/t14-/m1/s1. The van der Waals surface area contributed by atoms with Crippen molar-refractivity contribution in [2.45, 2.75) is 19.3 Å². The van der Waals surface area contributed by atoms with E-state index < -0.39 is 0 Å². The van der Waals surface area contributed by atoms with E-state index in [1.807, 2.05) is 43.5 Å². The molecule has 26 heavy (non-hydrogen) atoms. The van der Waals surface area contributed by atoms with Gasteiger partial charge in [0.2, 0.25) is 5.91 Å². The molecular formula is C20H19N3O3. The monoisotopic (exact) mass is 349 g/mol. The minimum absolute atomic E-state index is 0.0833. The first-order chi connectivity index (χ1) is 12.6. The zero-order chi connectivity index (χ0) is 18.3. The summed E-state index contributed by atoms with van der Waals surface area (Å²) in [5, 5.41) is 17.2. The topological polar surface area (TPSA) is 76.4 Å². The Hall–Kier alpha value is -3.28. The van der Waals surface area contributed by atoms with Gasteiger partial charge in [-0.1, -0.05) is 0 Å². The predicted molar refractivity (Wildman–Crippen MR) is 98.0 cm³/mol. The van der Waals surface area contributed by atoms with Gasteiger partial charge in [-0.05, 0) is 53.9 Å². The van der Waals surface area contributed by atoms with Gasteiger partial charge in [0.05, 0.1) is 12.8 Å². The highest BCUT2D eigenvalue weighted by molar-refractivity contribution is 5.96. The van der Waals surface area contributed by atoms with Crippen LogP contribution in [0.15, 0.2) is 48.8 Å². The normalized spacial score (nSPS) is 16.1. The number of phenolic OH excluding ortho intramolecular Hbond substituents is 1. The van der Waals surface area contributed by atoms with Crippen molar-refractivity contribution in [2.75, 3.05) is 12.4 Å². The van der Waals surface area contributed by atoms with Gasteiger partial charge in [-0.3, -0.25) is 4.79 Å². The van der Waals surface area contributed by atoms with Crippen LogP contribution in [0.5, 0.6) is 11.5 Å². The fraction of sp³-hybridized carbons (Fsp3) is 0.200. The third kappa shape index (κ3) is 2.69. The van der Waals surface area contributed by atoms with Gasteiger partial charge < -0.3 is 15.2 Å². The number of aryl methyl sites for hydroxylation is 1. The van der Waals surface area contributed by atoms with Crippen molar-refractivity contribution in [1.82, 2.24) is 9.78 Å². The average Bonchev–Trinajstić information content (AvgIpc) is 3.16. The molecule has 6 heteroatoms. The number of fused-ring (bicyclic) bond motifs is 1. The van der Waals surface area contributed by atoms with Crippen LogP contribution in [0.2, 0.25) is 0 Å². The van der Waals surface area contributed by atoms with Gasteiger partial charge in [0.15, 0.2) is 0 Å². The van der Waals surface area contributed by atoms with Gasteiger partial charge in [-0.15, -0.1) is 0 Å². The van der Waals surface area contributed by atoms with Crippen LogP contribution in [0.3, 0.4) is 0 Å². The molecule has 0 fully saturated rings. The van der Waals surface area contributed by atoms with Crippen molar-refractivity contribution in [2.24, 2.45) is 0 Å². The number of phenols is 1. The van der Waals surface area contributed by atoms with Gasteiger partial charge in [0.1, 0.15) is 11.5 Å². The van der Waals surface area contributed by atoms with Crippen LogP contribution in [0.4, 0.5) is 5.69 Å². The summed E-state index contributed by atoms with van der Waals surface area (Å²) in [6.45, 7) is 1.85. The first-order valence-corrected chi connectivity index (χ1v) is 8.38. The van der Waals surface area contributed by atoms with E-state index in [9.17, 15) is 9.90 Å².